The molecule has 0 aromatic heterocycles. The van der Waals surface area contributed by atoms with Crippen LogP contribution in [-0.2, 0) is 0 Å². The molecule has 0 atom stereocenters. The number of hydrogen-bond donors (Lipinski definition) is 1. The fourth-order valence-electron chi connectivity index (χ4n) is 1.75. The van der Waals surface area contributed by atoms with E-state index in [2.05, 4.69) is 30.1 Å². The first kappa shape index (κ1) is 10.7. The summed E-state index contributed by atoms with van der Waals surface area (Å²) in [5.41, 5.74) is 1.61. The highest BCUT2D eigenvalue weighted by molar-refractivity contribution is 5.08. The SMILES string of the molecule is CNCCC1=CCCN(C(C)C)C1. The number of rotatable bonds is 4. The van der Waals surface area contributed by atoms with Gasteiger partial charge in [-0.1, -0.05) is 11.6 Å². The summed E-state index contributed by atoms with van der Waals surface area (Å²) < 4.78 is 0. The summed E-state index contributed by atoms with van der Waals surface area (Å²) in [6, 6.07) is 0.693. The molecule has 0 amide bonds. The molecule has 0 saturated carbocycles. The lowest BCUT2D eigenvalue weighted by molar-refractivity contribution is 0.233. The Morgan fingerprint density at radius 2 is 2.31 bits per heavy atom. The Balaban J connectivity index is 2.35. The van der Waals surface area contributed by atoms with E-state index in [1.165, 1.54) is 25.9 Å². The average molecular weight is 182 g/mol. The van der Waals surface area contributed by atoms with Gasteiger partial charge in [-0.25, -0.2) is 0 Å². The molecule has 0 fully saturated rings. The van der Waals surface area contributed by atoms with Crippen LogP contribution in [0.25, 0.3) is 0 Å². The van der Waals surface area contributed by atoms with Gasteiger partial charge in [0.05, 0.1) is 0 Å². The first-order chi connectivity index (χ1) is 6.24. The van der Waals surface area contributed by atoms with Crippen LogP contribution in [0.3, 0.4) is 0 Å². The largest absolute Gasteiger partial charge is 0.319 e. The molecule has 1 aliphatic heterocycles. The van der Waals surface area contributed by atoms with Crippen molar-refractivity contribution < 1.29 is 0 Å². The third-order valence-electron chi connectivity index (χ3n) is 2.68. The quantitative estimate of drug-likeness (QED) is 0.665. The maximum absolute atomic E-state index is 3.20. The van der Waals surface area contributed by atoms with Crippen LogP contribution in [0.2, 0.25) is 0 Å². The maximum Gasteiger partial charge on any atom is 0.0196 e. The van der Waals surface area contributed by atoms with Gasteiger partial charge in [0.25, 0.3) is 0 Å². The Labute approximate surface area is 82.0 Å². The highest BCUT2D eigenvalue weighted by Gasteiger charge is 2.14. The van der Waals surface area contributed by atoms with Crippen molar-refractivity contribution in [1.29, 1.82) is 0 Å². The summed E-state index contributed by atoms with van der Waals surface area (Å²) in [6.45, 7) is 8.08. The Kier molecular flexibility index (Phi) is 4.46. The van der Waals surface area contributed by atoms with Gasteiger partial charge < -0.3 is 5.32 Å². The fraction of sp³-hybridized carbons (Fsp3) is 0.818. The lowest BCUT2D eigenvalue weighted by Gasteiger charge is -2.30. The summed E-state index contributed by atoms with van der Waals surface area (Å²) in [5.74, 6) is 0. The van der Waals surface area contributed by atoms with Crippen LogP contribution < -0.4 is 5.32 Å². The molecule has 0 aromatic rings. The van der Waals surface area contributed by atoms with Gasteiger partial charge in [0, 0.05) is 19.1 Å². The standard InChI is InChI=1S/C11H22N2/c1-10(2)13-8-4-5-11(9-13)6-7-12-3/h5,10,12H,4,6-9H2,1-3H3. The molecule has 2 nitrogen and oxygen atoms in total. The predicted molar refractivity (Wildman–Crippen MR) is 58.0 cm³/mol. The summed E-state index contributed by atoms with van der Waals surface area (Å²) in [6.07, 6.45) is 4.85. The zero-order valence-electron chi connectivity index (χ0n) is 9.14. The van der Waals surface area contributed by atoms with Gasteiger partial charge in [0.1, 0.15) is 0 Å². The second-order valence-corrected chi connectivity index (χ2v) is 4.07. The van der Waals surface area contributed by atoms with Crippen LogP contribution in [0.1, 0.15) is 26.7 Å². The van der Waals surface area contributed by atoms with Gasteiger partial charge in [0.2, 0.25) is 0 Å². The topological polar surface area (TPSA) is 15.3 Å². The second-order valence-electron chi connectivity index (χ2n) is 4.07. The normalized spacial score (nSPS) is 19.2. The van der Waals surface area contributed by atoms with E-state index < -0.39 is 0 Å². The zero-order valence-corrected chi connectivity index (χ0v) is 9.14. The zero-order chi connectivity index (χ0) is 9.68. The molecular formula is C11H22N2. The van der Waals surface area contributed by atoms with Gasteiger partial charge in [-0.3, -0.25) is 4.90 Å². The molecule has 13 heavy (non-hydrogen) atoms. The molecule has 1 N–H and O–H groups in total. The molecule has 76 valence electrons. The van der Waals surface area contributed by atoms with Crippen LogP contribution in [-0.4, -0.2) is 37.6 Å². The number of nitrogens with one attached hydrogen (secondary N) is 1. The minimum Gasteiger partial charge on any atom is -0.319 e. The molecule has 0 radical (unpaired) electrons. The molecule has 0 aromatic carbocycles. The van der Waals surface area contributed by atoms with Gasteiger partial charge >= 0.3 is 0 Å². The van der Waals surface area contributed by atoms with Crippen molar-refractivity contribution >= 4 is 0 Å². The van der Waals surface area contributed by atoms with E-state index in [4.69, 9.17) is 0 Å². The summed E-state index contributed by atoms with van der Waals surface area (Å²) in [5, 5.41) is 3.20. The number of nitrogens with zero attached hydrogens (tertiary/aromatic N) is 1. The van der Waals surface area contributed by atoms with Crippen LogP contribution >= 0.6 is 0 Å². The van der Waals surface area contributed by atoms with Crippen LogP contribution in [0, 0.1) is 0 Å². The van der Waals surface area contributed by atoms with Crippen LogP contribution in [0.15, 0.2) is 11.6 Å². The minimum atomic E-state index is 0.693. The average Bonchev–Trinajstić information content (AvgIpc) is 2.15. The monoisotopic (exact) mass is 182 g/mol. The molecule has 1 aliphatic rings. The minimum absolute atomic E-state index is 0.693. The third kappa shape index (κ3) is 3.49. The maximum atomic E-state index is 3.20. The molecule has 0 bridgehead atoms. The van der Waals surface area contributed by atoms with E-state index in [0.29, 0.717) is 6.04 Å². The second kappa shape index (κ2) is 5.40. The first-order valence-corrected chi connectivity index (χ1v) is 5.30. The summed E-state index contributed by atoms with van der Waals surface area (Å²) >= 11 is 0. The molecular weight excluding hydrogens is 160 g/mol. The molecule has 0 unspecified atom stereocenters. The first-order valence-electron chi connectivity index (χ1n) is 5.30. The van der Waals surface area contributed by atoms with Gasteiger partial charge in [-0.2, -0.15) is 0 Å². The molecule has 1 rings (SSSR count). The smallest absolute Gasteiger partial charge is 0.0196 e. The van der Waals surface area contributed by atoms with Crippen LogP contribution in [0.4, 0.5) is 0 Å². The van der Waals surface area contributed by atoms with Crippen molar-refractivity contribution in [3.63, 3.8) is 0 Å². The van der Waals surface area contributed by atoms with Crippen molar-refractivity contribution in [2.24, 2.45) is 0 Å². The van der Waals surface area contributed by atoms with Crippen molar-refractivity contribution in [2.45, 2.75) is 32.7 Å². The summed E-state index contributed by atoms with van der Waals surface area (Å²) in [7, 11) is 2.02. The highest BCUT2D eigenvalue weighted by atomic mass is 15.1. The number of hydrogen-bond acceptors (Lipinski definition) is 2. The molecule has 0 saturated heterocycles. The van der Waals surface area contributed by atoms with Gasteiger partial charge in [-0.05, 0) is 40.3 Å². The Bertz CT molecular complexity index is 173. The van der Waals surface area contributed by atoms with E-state index in [-0.39, 0.29) is 0 Å². The lowest BCUT2D eigenvalue weighted by atomic mass is 10.1. The Morgan fingerprint density at radius 1 is 1.54 bits per heavy atom. The van der Waals surface area contributed by atoms with Crippen molar-refractivity contribution in [1.82, 2.24) is 10.2 Å². The van der Waals surface area contributed by atoms with E-state index in [1.54, 1.807) is 5.57 Å². The van der Waals surface area contributed by atoms with Crippen LogP contribution in [0.5, 0.6) is 0 Å². The van der Waals surface area contributed by atoms with E-state index in [1.807, 2.05) is 7.05 Å². The molecule has 2 heteroatoms. The van der Waals surface area contributed by atoms with Crippen molar-refractivity contribution in [3.05, 3.63) is 11.6 Å². The van der Waals surface area contributed by atoms with E-state index in [9.17, 15) is 0 Å². The van der Waals surface area contributed by atoms with E-state index in [0.717, 1.165) is 6.54 Å². The molecule has 1 heterocycles. The van der Waals surface area contributed by atoms with Crippen molar-refractivity contribution in [2.75, 3.05) is 26.7 Å². The highest BCUT2D eigenvalue weighted by Crippen LogP contribution is 2.14. The van der Waals surface area contributed by atoms with Gasteiger partial charge in [0.15, 0.2) is 0 Å². The predicted octanol–water partition coefficient (Wildman–Crippen LogP) is 1.64. The Morgan fingerprint density at radius 3 is 2.92 bits per heavy atom. The molecule has 0 aliphatic carbocycles. The van der Waals surface area contributed by atoms with Crippen molar-refractivity contribution in [3.8, 4) is 0 Å². The van der Waals surface area contributed by atoms with E-state index >= 15 is 0 Å². The fourth-order valence-corrected chi connectivity index (χ4v) is 1.75. The Hall–Kier alpha value is -0.340. The lowest BCUT2D eigenvalue weighted by Crippen LogP contribution is -2.36. The summed E-state index contributed by atoms with van der Waals surface area (Å²) in [4.78, 5) is 2.55. The van der Waals surface area contributed by atoms with Gasteiger partial charge in [-0.15, -0.1) is 0 Å². The third-order valence-corrected chi connectivity index (χ3v) is 2.68. The molecule has 0 spiro atoms.